The van der Waals surface area contributed by atoms with Gasteiger partial charge >= 0.3 is 0 Å². The van der Waals surface area contributed by atoms with Crippen LogP contribution >= 0.6 is 0 Å². The summed E-state index contributed by atoms with van der Waals surface area (Å²) in [6.07, 6.45) is 0. The van der Waals surface area contributed by atoms with Crippen LogP contribution < -0.4 is 5.32 Å². The number of carbonyl (C=O) groups excluding carboxylic acids is 1. The van der Waals surface area contributed by atoms with E-state index in [1.807, 2.05) is 0 Å². The number of aromatic nitrogens is 1. The zero-order valence-corrected chi connectivity index (χ0v) is 12.6. The maximum atomic E-state index is 13.5. The van der Waals surface area contributed by atoms with Crippen molar-refractivity contribution < 1.29 is 14.1 Å². The summed E-state index contributed by atoms with van der Waals surface area (Å²) in [5.74, 6) is -1.06. The van der Waals surface area contributed by atoms with E-state index < -0.39 is 16.6 Å². The zero-order valence-electron chi connectivity index (χ0n) is 12.6. The summed E-state index contributed by atoms with van der Waals surface area (Å²) in [7, 11) is 0. The topological polar surface area (TPSA) is 85.1 Å². The molecule has 3 rings (SSSR count). The van der Waals surface area contributed by atoms with Gasteiger partial charge in [0.15, 0.2) is 0 Å². The van der Waals surface area contributed by atoms with Gasteiger partial charge < -0.3 is 5.32 Å². The number of nitro groups is 1. The number of pyridine rings is 1. The summed E-state index contributed by atoms with van der Waals surface area (Å²) in [6.45, 7) is 1.71. The Balaban J connectivity index is 2.07. The Morgan fingerprint density at radius 2 is 1.96 bits per heavy atom. The maximum absolute atomic E-state index is 13.5. The van der Waals surface area contributed by atoms with Crippen molar-refractivity contribution in [3.63, 3.8) is 0 Å². The minimum Gasteiger partial charge on any atom is -0.316 e. The van der Waals surface area contributed by atoms with Crippen LogP contribution in [0.4, 0.5) is 15.8 Å². The fourth-order valence-corrected chi connectivity index (χ4v) is 2.45. The highest BCUT2D eigenvalue weighted by Crippen LogP contribution is 2.26. The van der Waals surface area contributed by atoms with Crippen molar-refractivity contribution in [3.8, 4) is 0 Å². The number of fused-ring (bicyclic) bond motifs is 1. The molecule has 0 atom stereocenters. The van der Waals surface area contributed by atoms with Gasteiger partial charge in [0.05, 0.1) is 16.0 Å². The van der Waals surface area contributed by atoms with Crippen molar-refractivity contribution in [3.05, 3.63) is 75.7 Å². The molecule has 0 aliphatic rings. The molecule has 1 amide bonds. The fourth-order valence-electron chi connectivity index (χ4n) is 2.45. The highest BCUT2D eigenvalue weighted by atomic mass is 19.1. The molecule has 6 nitrogen and oxygen atoms in total. The molecule has 3 aromatic rings. The molecular weight excluding hydrogens is 313 g/mol. The predicted octanol–water partition coefficient (Wildman–Crippen LogP) is 3.84. The molecule has 0 fully saturated rings. The van der Waals surface area contributed by atoms with E-state index in [4.69, 9.17) is 0 Å². The molecule has 2 aromatic carbocycles. The molecule has 0 aliphatic carbocycles. The van der Waals surface area contributed by atoms with Crippen molar-refractivity contribution in [2.24, 2.45) is 0 Å². The largest absolute Gasteiger partial charge is 0.316 e. The van der Waals surface area contributed by atoms with Gasteiger partial charge in [0.25, 0.3) is 11.6 Å². The number of carbonyl (C=O) groups is 1. The highest BCUT2D eigenvalue weighted by Gasteiger charge is 2.18. The summed E-state index contributed by atoms with van der Waals surface area (Å²) in [6, 6.07) is 11.3. The SMILES string of the molecule is Cc1cc(C(=O)Nc2ccccc2[N+](=O)[O-])c2cc(F)ccc2n1. The van der Waals surface area contributed by atoms with Gasteiger partial charge in [-0.3, -0.25) is 19.9 Å². The van der Waals surface area contributed by atoms with E-state index in [0.717, 1.165) is 0 Å². The summed E-state index contributed by atoms with van der Waals surface area (Å²) in [5.41, 5.74) is 1.12. The molecule has 0 spiro atoms. The van der Waals surface area contributed by atoms with Gasteiger partial charge in [-0.15, -0.1) is 0 Å². The lowest BCUT2D eigenvalue weighted by atomic mass is 10.1. The number of benzene rings is 2. The van der Waals surface area contributed by atoms with Gasteiger partial charge in [-0.05, 0) is 37.3 Å². The van der Waals surface area contributed by atoms with E-state index in [1.165, 1.54) is 42.5 Å². The molecule has 7 heteroatoms. The van der Waals surface area contributed by atoms with E-state index in [9.17, 15) is 19.3 Å². The van der Waals surface area contributed by atoms with Crippen molar-refractivity contribution in [2.75, 3.05) is 5.32 Å². The molecule has 0 saturated heterocycles. The first-order valence-electron chi connectivity index (χ1n) is 7.07. The minimum absolute atomic E-state index is 0.0755. The quantitative estimate of drug-likeness (QED) is 0.585. The van der Waals surface area contributed by atoms with Crippen LogP contribution in [0.3, 0.4) is 0 Å². The van der Waals surface area contributed by atoms with Crippen molar-refractivity contribution in [1.82, 2.24) is 4.98 Å². The van der Waals surface area contributed by atoms with Gasteiger partial charge in [-0.25, -0.2) is 4.39 Å². The molecule has 1 N–H and O–H groups in total. The first-order chi connectivity index (χ1) is 11.5. The Hall–Kier alpha value is -3.35. The second-order valence-corrected chi connectivity index (χ2v) is 5.20. The van der Waals surface area contributed by atoms with Gasteiger partial charge in [0.2, 0.25) is 0 Å². The van der Waals surface area contributed by atoms with E-state index in [2.05, 4.69) is 10.3 Å². The number of nitrogens with one attached hydrogen (secondary N) is 1. The third-order valence-corrected chi connectivity index (χ3v) is 3.49. The summed E-state index contributed by atoms with van der Waals surface area (Å²) in [5, 5.41) is 13.9. The summed E-state index contributed by atoms with van der Waals surface area (Å²) >= 11 is 0. The average molecular weight is 325 g/mol. The molecule has 0 bridgehead atoms. The number of aryl methyl sites for hydroxylation is 1. The number of para-hydroxylation sites is 2. The molecule has 0 saturated carbocycles. The number of hydrogen-bond acceptors (Lipinski definition) is 4. The Morgan fingerprint density at radius 1 is 1.21 bits per heavy atom. The van der Waals surface area contributed by atoms with Crippen molar-refractivity contribution in [1.29, 1.82) is 0 Å². The van der Waals surface area contributed by atoms with Crippen LogP contribution in [0.1, 0.15) is 16.1 Å². The highest BCUT2D eigenvalue weighted by molar-refractivity contribution is 6.13. The van der Waals surface area contributed by atoms with Crippen LogP contribution in [0.15, 0.2) is 48.5 Å². The second kappa shape index (κ2) is 6.04. The smallest absolute Gasteiger partial charge is 0.292 e. The number of hydrogen-bond donors (Lipinski definition) is 1. The summed E-state index contributed by atoms with van der Waals surface area (Å²) in [4.78, 5) is 27.3. The van der Waals surface area contributed by atoms with E-state index in [0.29, 0.717) is 16.6 Å². The standard InChI is InChI=1S/C17H12FN3O3/c1-10-8-13(12-9-11(18)6-7-14(12)19-10)17(22)20-15-4-2-3-5-16(15)21(23)24/h2-9H,1H3,(H,20,22). The molecular formula is C17H12FN3O3. The zero-order chi connectivity index (χ0) is 17.3. The monoisotopic (exact) mass is 325 g/mol. The third kappa shape index (κ3) is 2.91. The van der Waals surface area contributed by atoms with Crippen LogP contribution in [0.5, 0.6) is 0 Å². The number of halogens is 1. The molecule has 0 aliphatic heterocycles. The first kappa shape index (κ1) is 15.5. The minimum atomic E-state index is -0.578. The lowest BCUT2D eigenvalue weighted by molar-refractivity contribution is -0.383. The van der Waals surface area contributed by atoms with E-state index in [1.54, 1.807) is 13.0 Å². The number of nitro benzene ring substituents is 1. The first-order valence-corrected chi connectivity index (χ1v) is 7.07. The van der Waals surface area contributed by atoms with Crippen molar-refractivity contribution in [2.45, 2.75) is 6.92 Å². The van der Waals surface area contributed by atoms with E-state index >= 15 is 0 Å². The van der Waals surface area contributed by atoms with Crippen LogP contribution in [-0.2, 0) is 0 Å². The average Bonchev–Trinajstić information content (AvgIpc) is 2.54. The summed E-state index contributed by atoms with van der Waals surface area (Å²) < 4.78 is 13.5. The van der Waals surface area contributed by atoms with Crippen LogP contribution in [-0.4, -0.2) is 15.8 Å². The number of nitrogens with zero attached hydrogens (tertiary/aromatic N) is 2. The van der Waals surface area contributed by atoms with Gasteiger partial charge in [0, 0.05) is 17.1 Å². The molecule has 120 valence electrons. The van der Waals surface area contributed by atoms with E-state index in [-0.39, 0.29) is 16.9 Å². The Bertz CT molecular complexity index is 972. The van der Waals surface area contributed by atoms with Gasteiger partial charge in [-0.2, -0.15) is 0 Å². The second-order valence-electron chi connectivity index (χ2n) is 5.20. The van der Waals surface area contributed by atoms with Gasteiger partial charge in [-0.1, -0.05) is 12.1 Å². The Labute approximate surface area is 136 Å². The van der Waals surface area contributed by atoms with Crippen molar-refractivity contribution >= 4 is 28.2 Å². The number of amides is 1. The fraction of sp³-hybridized carbons (Fsp3) is 0.0588. The van der Waals surface area contributed by atoms with Gasteiger partial charge in [0.1, 0.15) is 11.5 Å². The molecule has 0 unspecified atom stereocenters. The number of anilines is 1. The van der Waals surface area contributed by atoms with Crippen LogP contribution in [0.2, 0.25) is 0 Å². The predicted molar refractivity (Wildman–Crippen MR) is 87.5 cm³/mol. The molecule has 0 radical (unpaired) electrons. The molecule has 1 heterocycles. The third-order valence-electron chi connectivity index (χ3n) is 3.49. The van der Waals surface area contributed by atoms with Crippen LogP contribution in [0.25, 0.3) is 10.9 Å². The molecule has 1 aromatic heterocycles. The lowest BCUT2D eigenvalue weighted by Gasteiger charge is -2.09. The normalized spacial score (nSPS) is 10.6. The Kier molecular flexibility index (Phi) is 3.91. The van der Waals surface area contributed by atoms with Crippen LogP contribution in [0, 0.1) is 22.9 Å². The Morgan fingerprint density at radius 3 is 2.71 bits per heavy atom. The maximum Gasteiger partial charge on any atom is 0.292 e. The lowest BCUT2D eigenvalue weighted by Crippen LogP contribution is -2.14. The number of rotatable bonds is 3. The molecule has 24 heavy (non-hydrogen) atoms.